The van der Waals surface area contributed by atoms with Gasteiger partial charge in [-0.1, -0.05) is 194 Å². The van der Waals surface area contributed by atoms with Gasteiger partial charge >= 0.3 is 5.97 Å². The van der Waals surface area contributed by atoms with E-state index in [1.54, 1.807) is 0 Å². The van der Waals surface area contributed by atoms with E-state index < -0.39 is 247 Å². The molecule has 30 atom stereocenters. The summed E-state index contributed by atoms with van der Waals surface area (Å²) in [6.07, 6.45) is -24.4. The van der Waals surface area contributed by atoms with Crippen molar-refractivity contribution in [3.8, 4) is 0 Å². The number of hydrogen-bond acceptors (Lipinski definition) is 32. The number of carbonyl (C=O) groups is 3. The Bertz CT molecular complexity index is 2440. The van der Waals surface area contributed by atoms with Gasteiger partial charge in [0.25, 0.3) is 5.79 Å². The molecule has 5 aliphatic rings. The maximum Gasteiger partial charge on any atom is 0.364 e. The van der Waals surface area contributed by atoms with Crippen molar-refractivity contribution in [3.63, 3.8) is 0 Å². The van der Waals surface area contributed by atoms with E-state index in [0.29, 0.717) is 12.8 Å². The lowest BCUT2D eigenvalue weighted by molar-refractivity contribution is -0.392. The van der Waals surface area contributed by atoms with E-state index >= 15 is 0 Å². The van der Waals surface area contributed by atoms with Crippen molar-refractivity contribution in [3.05, 3.63) is 0 Å². The van der Waals surface area contributed by atoms with Crippen LogP contribution < -0.4 is 10.6 Å². The number of ether oxygens (including phenoxy) is 10. The van der Waals surface area contributed by atoms with Gasteiger partial charge in [-0.05, 0) is 12.8 Å². The molecule has 35 heteroatoms. The van der Waals surface area contributed by atoms with Crippen LogP contribution in [-0.4, -0.2) is 343 Å². The van der Waals surface area contributed by atoms with Crippen molar-refractivity contribution in [2.24, 2.45) is 0 Å². The van der Waals surface area contributed by atoms with Crippen molar-refractivity contribution in [1.29, 1.82) is 0 Å². The van der Waals surface area contributed by atoms with Crippen LogP contribution in [0.1, 0.15) is 220 Å². The number of aliphatic carboxylic acids is 1. The standard InChI is InChI=1S/C73H134N2O33/c1-4-6-8-10-12-14-16-17-18-19-20-21-22-23-25-27-29-31-33-44(83)67(96)75-42(52(86)43(82)32-30-28-26-24-15-13-11-9-7-5-2)40-99-68-58(92)56(90)63(49(38-79)102-68)105-69-60(94)57(91)64(50(39-80)103-69)107-73(72(97)98)34-47(51(74-41(3)81)65(108-73)53(87)45(84)35-76)100-71-61(95)66(54(88)48(37-78)101-71)106-70-59(93)55(89)62(104-70)46(85)36-77/h42-66,68-71,76-80,82-95H,4-40H2,1-3H3,(H,74,81)(H,75,96)(H,97,98)/t42-,43+,44+,45?,46?,47+,48?,49?,50?,51+,52-,53?,54-,55?,56?,57?,58?,59?,60?,61?,62-,63+,64-,65?,66?,68+,69-,70-,71+,73+/m0/s1. The number of amides is 2. The Balaban J connectivity index is 1.26. The molecule has 35 nitrogen and oxygen atoms in total. The molecule has 2 amide bonds. The van der Waals surface area contributed by atoms with Crippen molar-refractivity contribution in [1.82, 2.24) is 10.6 Å². The first-order chi connectivity index (χ1) is 51.7. The summed E-state index contributed by atoms with van der Waals surface area (Å²) in [5.74, 6) is -7.34. The summed E-state index contributed by atoms with van der Waals surface area (Å²) >= 11 is 0. The highest BCUT2D eigenvalue weighted by Crippen LogP contribution is 2.42. The monoisotopic (exact) mass is 1570 g/mol. The second kappa shape index (κ2) is 50.6. The molecule has 22 N–H and O–H groups in total. The van der Waals surface area contributed by atoms with Gasteiger partial charge in [0, 0.05) is 13.3 Å². The molecule has 5 aliphatic heterocycles. The van der Waals surface area contributed by atoms with Gasteiger partial charge in [-0.15, -0.1) is 0 Å². The molecule has 108 heavy (non-hydrogen) atoms. The zero-order chi connectivity index (χ0) is 79.6. The van der Waals surface area contributed by atoms with E-state index in [-0.39, 0.29) is 12.8 Å². The predicted octanol–water partition coefficient (Wildman–Crippen LogP) is -2.24. The van der Waals surface area contributed by atoms with Crippen molar-refractivity contribution < 1.29 is 164 Å². The zero-order valence-corrected chi connectivity index (χ0v) is 63.2. The second-order valence-electron chi connectivity index (χ2n) is 29.9. The summed E-state index contributed by atoms with van der Waals surface area (Å²) in [6.45, 7) is -0.910. The maximum absolute atomic E-state index is 13.8. The van der Waals surface area contributed by atoms with Gasteiger partial charge < -0.3 is 160 Å². The third kappa shape index (κ3) is 28.9. The average molecular weight is 1570 g/mol. The normalized spacial score (nSPS) is 34.5. The molecule has 0 aromatic heterocycles. The lowest BCUT2D eigenvalue weighted by atomic mass is 9.87. The molecule has 5 rings (SSSR count). The molecule has 5 saturated heterocycles. The highest BCUT2D eigenvalue weighted by molar-refractivity contribution is 5.80. The molecule has 5 fully saturated rings. The number of carboxylic acids is 1. The highest BCUT2D eigenvalue weighted by Gasteiger charge is 2.62. The largest absolute Gasteiger partial charge is 0.477 e. The van der Waals surface area contributed by atoms with Crippen molar-refractivity contribution >= 4 is 17.8 Å². The number of carboxylic acid groups (broad SMARTS) is 1. The minimum atomic E-state index is -3.37. The van der Waals surface area contributed by atoms with Crippen molar-refractivity contribution in [2.45, 2.75) is 403 Å². The van der Waals surface area contributed by atoms with Gasteiger partial charge in [-0.2, -0.15) is 0 Å². The van der Waals surface area contributed by atoms with Crippen LogP contribution in [0.3, 0.4) is 0 Å². The fourth-order valence-electron chi connectivity index (χ4n) is 14.6. The topological polar surface area (TPSA) is 572 Å². The van der Waals surface area contributed by atoms with Crippen LogP contribution in [-0.2, 0) is 61.8 Å². The van der Waals surface area contributed by atoms with Crippen LogP contribution in [0, 0.1) is 0 Å². The number of unbranched alkanes of at least 4 members (excludes halogenated alkanes) is 26. The van der Waals surface area contributed by atoms with Gasteiger partial charge in [-0.25, -0.2) is 4.79 Å². The first kappa shape index (κ1) is 95.8. The number of rotatable bonds is 55. The summed E-state index contributed by atoms with van der Waals surface area (Å²) in [5.41, 5.74) is 0. The molecular weight excluding hydrogens is 1430 g/mol. The molecular formula is C73H134N2O33. The molecule has 0 saturated carbocycles. The minimum Gasteiger partial charge on any atom is -0.477 e. The third-order valence-electron chi connectivity index (χ3n) is 21.2. The van der Waals surface area contributed by atoms with Crippen LogP contribution in [0.25, 0.3) is 0 Å². The lowest BCUT2D eigenvalue weighted by Gasteiger charge is -2.52. The van der Waals surface area contributed by atoms with Gasteiger partial charge in [0.15, 0.2) is 25.2 Å². The Morgan fingerprint density at radius 1 is 0.463 bits per heavy atom. The molecule has 0 aliphatic carbocycles. The number of carbonyl (C=O) groups excluding carboxylic acids is 2. The molecule has 0 radical (unpaired) electrons. The van der Waals surface area contributed by atoms with Crippen LogP contribution in [0.4, 0.5) is 0 Å². The first-order valence-electron chi connectivity index (χ1n) is 39.6. The van der Waals surface area contributed by atoms with Crippen LogP contribution in [0.5, 0.6) is 0 Å². The van der Waals surface area contributed by atoms with Crippen molar-refractivity contribution in [2.75, 3.05) is 39.6 Å². The fourth-order valence-corrected chi connectivity index (χ4v) is 14.6. The summed E-state index contributed by atoms with van der Waals surface area (Å²) in [6, 6.07) is -3.33. The van der Waals surface area contributed by atoms with E-state index in [1.165, 1.54) is 96.3 Å². The number of aliphatic hydroxyl groups excluding tert-OH is 19. The number of aliphatic hydroxyl groups is 19. The third-order valence-corrected chi connectivity index (χ3v) is 21.2. The van der Waals surface area contributed by atoms with E-state index in [9.17, 15) is 117 Å². The van der Waals surface area contributed by atoms with Gasteiger partial charge in [0.2, 0.25) is 11.8 Å². The van der Waals surface area contributed by atoms with Gasteiger partial charge in [-0.3, -0.25) is 9.59 Å². The molecule has 5 heterocycles. The smallest absolute Gasteiger partial charge is 0.364 e. The Morgan fingerprint density at radius 2 is 0.898 bits per heavy atom. The van der Waals surface area contributed by atoms with Crippen LogP contribution in [0.15, 0.2) is 0 Å². The van der Waals surface area contributed by atoms with Crippen LogP contribution in [0.2, 0.25) is 0 Å². The second-order valence-corrected chi connectivity index (χ2v) is 29.9. The summed E-state index contributed by atoms with van der Waals surface area (Å²) in [4.78, 5) is 40.3. The average Bonchev–Trinajstić information content (AvgIpc) is 0.895. The SMILES string of the molecule is CCCCCCCCCCCCCCCCCCCC[C@@H](O)C(=O)N[C@@H](CO[C@@H]1OC(CO)[C@@H](O[C@@H]2OC(CO)[C@H](O[C@]3(C(=O)O)C[C@@H](O[C@@H]4OC(CO)[C@H](O)C(O[C@@H]5O[C@@H](C(O)CO)C(O)C5O)C4O)[C@@H](NC(C)=O)C(C(O)C(O)CO)O3)C(O)C2O)C(O)C1O)[C@H](O)[C@H](O)CCCCCCCCCCCC. The first-order valence-corrected chi connectivity index (χ1v) is 39.6. The Labute approximate surface area is 633 Å². The Kier molecular flexibility index (Phi) is 44.9. The molecule has 15 unspecified atom stereocenters. The number of nitrogens with one attached hydrogen (secondary N) is 2. The zero-order valence-electron chi connectivity index (χ0n) is 63.2. The fraction of sp³-hybridized carbons (Fsp3) is 0.959. The Hall–Kier alpha value is -2.75. The highest BCUT2D eigenvalue weighted by atomic mass is 16.8. The Morgan fingerprint density at radius 3 is 1.39 bits per heavy atom. The lowest BCUT2D eigenvalue weighted by Crippen LogP contribution is -2.72. The molecule has 634 valence electrons. The molecule has 0 bridgehead atoms. The maximum atomic E-state index is 13.8. The van der Waals surface area contributed by atoms with E-state index in [4.69, 9.17) is 47.4 Å². The summed E-state index contributed by atoms with van der Waals surface area (Å²) in [7, 11) is 0. The molecule has 0 aromatic rings. The van der Waals surface area contributed by atoms with Gasteiger partial charge in [0.1, 0.15) is 128 Å². The van der Waals surface area contributed by atoms with E-state index in [0.717, 1.165) is 77.6 Å². The molecule has 0 aromatic carbocycles. The van der Waals surface area contributed by atoms with Crippen LogP contribution >= 0.6 is 0 Å². The molecule has 0 spiro atoms. The van der Waals surface area contributed by atoms with E-state index in [1.807, 2.05) is 0 Å². The summed E-state index contributed by atoms with van der Waals surface area (Å²) < 4.78 is 58.1. The van der Waals surface area contributed by atoms with Gasteiger partial charge in [0.05, 0.1) is 63.9 Å². The number of hydrogen-bond donors (Lipinski definition) is 22. The predicted molar refractivity (Wildman–Crippen MR) is 379 cm³/mol. The summed E-state index contributed by atoms with van der Waals surface area (Å²) in [5, 5.41) is 225. The quantitative estimate of drug-likeness (QED) is 0.0286. The van der Waals surface area contributed by atoms with E-state index in [2.05, 4.69) is 24.5 Å². The minimum absolute atomic E-state index is 0.0968.